The summed E-state index contributed by atoms with van der Waals surface area (Å²) in [5.41, 5.74) is 0.947. The third kappa shape index (κ3) is 5.56. The molecule has 3 rings (SSSR count). The number of hydrogen-bond donors (Lipinski definition) is 3. The van der Waals surface area contributed by atoms with Crippen LogP contribution in [0.3, 0.4) is 0 Å². The Morgan fingerprint density at radius 3 is 2.35 bits per heavy atom. The molecule has 0 saturated carbocycles. The maximum Gasteiger partial charge on any atom is 0.326 e. The number of carboxylic acid groups (broad SMARTS) is 1. The first-order chi connectivity index (χ1) is 16.3. The van der Waals surface area contributed by atoms with Crippen LogP contribution in [0.25, 0.3) is 11.1 Å². The van der Waals surface area contributed by atoms with E-state index in [-0.39, 0.29) is 46.5 Å². The van der Waals surface area contributed by atoms with E-state index in [9.17, 15) is 19.5 Å². The molecule has 9 nitrogen and oxygen atoms in total. The van der Waals surface area contributed by atoms with Crippen molar-refractivity contribution >= 4 is 35.1 Å². The highest BCUT2D eigenvalue weighted by Crippen LogP contribution is 2.26. The maximum absolute atomic E-state index is 12.8. The summed E-state index contributed by atoms with van der Waals surface area (Å²) < 4.78 is 6.39. The fourth-order valence-corrected chi connectivity index (χ4v) is 3.91. The van der Waals surface area contributed by atoms with Crippen LogP contribution in [0.5, 0.6) is 5.75 Å². The summed E-state index contributed by atoms with van der Waals surface area (Å²) in [5.74, 6) is -1.67. The first-order valence-corrected chi connectivity index (χ1v) is 10.8. The highest BCUT2D eigenvalue weighted by Gasteiger charge is 2.24. The van der Waals surface area contributed by atoms with Crippen LogP contribution < -0.4 is 15.6 Å². The minimum absolute atomic E-state index is 0.00336. The number of rotatable bonds is 9. The second kappa shape index (κ2) is 11.1. The van der Waals surface area contributed by atoms with E-state index in [1.54, 1.807) is 30.3 Å². The Kier molecular flexibility index (Phi) is 8.27. The van der Waals surface area contributed by atoms with E-state index in [1.807, 2.05) is 0 Å². The van der Waals surface area contributed by atoms with Crippen LogP contribution in [0, 0.1) is 0 Å². The van der Waals surface area contributed by atoms with Gasteiger partial charge in [-0.25, -0.2) is 9.48 Å². The molecule has 178 valence electrons. The molecule has 0 saturated heterocycles. The van der Waals surface area contributed by atoms with Gasteiger partial charge in [-0.1, -0.05) is 53.5 Å². The molecule has 0 aliphatic carbocycles. The van der Waals surface area contributed by atoms with Crippen LogP contribution in [0.4, 0.5) is 0 Å². The van der Waals surface area contributed by atoms with Gasteiger partial charge in [0, 0.05) is 6.42 Å². The predicted octanol–water partition coefficient (Wildman–Crippen LogP) is 2.64. The smallest absolute Gasteiger partial charge is 0.326 e. The van der Waals surface area contributed by atoms with E-state index >= 15 is 0 Å². The summed E-state index contributed by atoms with van der Waals surface area (Å²) >= 11 is 12.1. The fourth-order valence-electron chi connectivity index (χ4n) is 3.34. The number of carboxylic acids is 1. The summed E-state index contributed by atoms with van der Waals surface area (Å²) in [6.07, 6.45) is 1.36. The first-order valence-electron chi connectivity index (χ1n) is 10.1. The summed E-state index contributed by atoms with van der Waals surface area (Å²) in [6, 6.07) is 9.88. The quantitative estimate of drug-likeness (QED) is 0.407. The molecular formula is C23H21Cl2N3O6. The Bertz CT molecular complexity index is 1240. The van der Waals surface area contributed by atoms with Gasteiger partial charge in [-0.3, -0.25) is 9.59 Å². The molecule has 0 unspecified atom stereocenters. The van der Waals surface area contributed by atoms with E-state index < -0.39 is 23.5 Å². The average molecular weight is 506 g/mol. The number of nitrogens with zero attached hydrogens (tertiary/aromatic N) is 2. The number of benzene rings is 2. The molecule has 0 radical (unpaired) electrons. The van der Waals surface area contributed by atoms with E-state index in [2.05, 4.69) is 10.4 Å². The van der Waals surface area contributed by atoms with Crippen molar-refractivity contribution in [2.75, 3.05) is 13.7 Å². The van der Waals surface area contributed by atoms with E-state index in [1.165, 1.54) is 25.4 Å². The zero-order valence-electron chi connectivity index (χ0n) is 18.0. The van der Waals surface area contributed by atoms with Gasteiger partial charge in [0.2, 0.25) is 0 Å². The van der Waals surface area contributed by atoms with Gasteiger partial charge in [0.05, 0.1) is 47.6 Å². The number of aliphatic carboxylic acids is 1. The SMILES string of the molecule is COc1cnn(CCO)c(=O)c1-c1ccc(C[C@H](NC(=O)c2c(Cl)cccc2Cl)C(=O)O)cc1. The van der Waals surface area contributed by atoms with Crippen molar-refractivity contribution < 1.29 is 24.5 Å². The van der Waals surface area contributed by atoms with Gasteiger partial charge in [-0.2, -0.15) is 5.10 Å². The number of carbonyl (C=O) groups excluding carboxylic acids is 1. The van der Waals surface area contributed by atoms with Gasteiger partial charge in [0.1, 0.15) is 6.04 Å². The summed E-state index contributed by atoms with van der Waals surface area (Å²) in [5, 5.41) is 25.4. The lowest BCUT2D eigenvalue weighted by molar-refractivity contribution is -0.139. The Hall–Kier alpha value is -3.40. The minimum atomic E-state index is -1.25. The monoisotopic (exact) mass is 505 g/mol. The normalized spacial score (nSPS) is 11.6. The summed E-state index contributed by atoms with van der Waals surface area (Å²) in [6.45, 7) is -0.220. The summed E-state index contributed by atoms with van der Waals surface area (Å²) in [7, 11) is 1.41. The number of aliphatic hydroxyl groups excluding tert-OH is 1. The van der Waals surface area contributed by atoms with Crippen molar-refractivity contribution in [3.63, 3.8) is 0 Å². The highest BCUT2D eigenvalue weighted by molar-refractivity contribution is 6.39. The number of amides is 1. The molecule has 2 aromatic carbocycles. The number of halogens is 2. The van der Waals surface area contributed by atoms with Crippen molar-refractivity contribution in [2.24, 2.45) is 0 Å². The number of aliphatic hydroxyl groups is 1. The van der Waals surface area contributed by atoms with Gasteiger partial charge in [-0.05, 0) is 23.3 Å². The number of methoxy groups -OCH3 is 1. The number of carbonyl (C=O) groups is 2. The molecule has 0 aliphatic heterocycles. The standard InChI is InChI=1S/C23H21Cl2N3O6/c1-34-18-12-26-28(9-10-29)22(31)19(18)14-7-5-13(6-8-14)11-17(23(32)33)27-21(30)20-15(24)3-2-4-16(20)25/h2-8,12,17,29H,9-11H2,1H3,(H,27,30)(H,32,33)/t17-/m0/s1. The van der Waals surface area contributed by atoms with Crippen LogP contribution in [0.15, 0.2) is 53.5 Å². The second-order valence-electron chi connectivity index (χ2n) is 7.20. The zero-order chi connectivity index (χ0) is 24.8. The maximum atomic E-state index is 12.8. The number of hydrogen-bond acceptors (Lipinski definition) is 6. The third-order valence-corrected chi connectivity index (χ3v) is 5.65. The first kappa shape index (κ1) is 25.2. The van der Waals surface area contributed by atoms with Gasteiger partial charge in [-0.15, -0.1) is 0 Å². The van der Waals surface area contributed by atoms with E-state index in [4.69, 9.17) is 33.0 Å². The Morgan fingerprint density at radius 2 is 1.79 bits per heavy atom. The molecule has 3 N–H and O–H groups in total. The van der Waals surface area contributed by atoms with Crippen LogP contribution in [0.1, 0.15) is 15.9 Å². The van der Waals surface area contributed by atoms with Crippen LogP contribution in [-0.4, -0.2) is 51.6 Å². The van der Waals surface area contributed by atoms with Crippen molar-refractivity contribution in [3.05, 3.63) is 80.2 Å². The number of aromatic nitrogens is 2. The second-order valence-corrected chi connectivity index (χ2v) is 8.02. The Labute approximate surface area is 204 Å². The lowest BCUT2D eigenvalue weighted by atomic mass is 10.0. The number of nitrogens with one attached hydrogen (secondary N) is 1. The molecule has 0 spiro atoms. The van der Waals surface area contributed by atoms with Crippen molar-refractivity contribution in [2.45, 2.75) is 19.0 Å². The molecule has 0 bridgehead atoms. The Morgan fingerprint density at radius 1 is 1.15 bits per heavy atom. The van der Waals surface area contributed by atoms with Crippen LogP contribution in [-0.2, 0) is 17.8 Å². The molecule has 3 aromatic rings. The van der Waals surface area contributed by atoms with E-state index in [0.717, 1.165) is 4.68 Å². The van der Waals surface area contributed by atoms with Gasteiger partial charge >= 0.3 is 5.97 Å². The molecule has 1 amide bonds. The molecule has 1 heterocycles. The van der Waals surface area contributed by atoms with E-state index in [0.29, 0.717) is 11.1 Å². The molecule has 11 heteroatoms. The molecule has 0 fully saturated rings. The highest BCUT2D eigenvalue weighted by atomic mass is 35.5. The minimum Gasteiger partial charge on any atom is -0.494 e. The van der Waals surface area contributed by atoms with Crippen molar-refractivity contribution in [1.82, 2.24) is 15.1 Å². The van der Waals surface area contributed by atoms with Crippen molar-refractivity contribution in [3.8, 4) is 16.9 Å². The van der Waals surface area contributed by atoms with Gasteiger partial charge in [0.25, 0.3) is 11.5 Å². The lowest BCUT2D eigenvalue weighted by Crippen LogP contribution is -2.42. The van der Waals surface area contributed by atoms with Gasteiger partial charge < -0.3 is 20.3 Å². The van der Waals surface area contributed by atoms with Crippen LogP contribution >= 0.6 is 23.2 Å². The van der Waals surface area contributed by atoms with Crippen LogP contribution in [0.2, 0.25) is 10.0 Å². The predicted molar refractivity (Wildman–Crippen MR) is 127 cm³/mol. The Balaban J connectivity index is 1.84. The third-order valence-electron chi connectivity index (χ3n) is 5.02. The molecule has 34 heavy (non-hydrogen) atoms. The van der Waals surface area contributed by atoms with Crippen molar-refractivity contribution in [1.29, 1.82) is 0 Å². The molecule has 1 aromatic heterocycles. The number of ether oxygens (including phenoxy) is 1. The topological polar surface area (TPSA) is 131 Å². The largest absolute Gasteiger partial charge is 0.494 e. The average Bonchev–Trinajstić information content (AvgIpc) is 2.80. The molecular weight excluding hydrogens is 485 g/mol. The zero-order valence-corrected chi connectivity index (χ0v) is 19.5. The molecule has 0 aliphatic rings. The lowest BCUT2D eigenvalue weighted by Gasteiger charge is -2.16. The van der Waals surface area contributed by atoms with Gasteiger partial charge in [0.15, 0.2) is 5.75 Å². The molecule has 1 atom stereocenters. The summed E-state index contributed by atoms with van der Waals surface area (Å²) in [4.78, 5) is 37.2. The fraction of sp³-hybridized carbons (Fsp3) is 0.217.